The lowest BCUT2D eigenvalue weighted by molar-refractivity contribution is -0.140. The van der Waals surface area contributed by atoms with Gasteiger partial charge >= 0.3 is 0 Å². The molecule has 0 heterocycles. The Morgan fingerprint density at radius 1 is 0.923 bits per heavy atom. The number of sulfonamides is 1. The van der Waals surface area contributed by atoms with Gasteiger partial charge in [-0.05, 0) is 74.4 Å². The fourth-order valence-corrected chi connectivity index (χ4v) is 5.56. The van der Waals surface area contributed by atoms with Crippen molar-refractivity contribution in [2.75, 3.05) is 24.0 Å². The smallest absolute Gasteiger partial charge is 0.264 e. The normalized spacial score (nSPS) is 11.9. The number of carbonyl (C=O) groups is 2. The van der Waals surface area contributed by atoms with Crippen molar-refractivity contribution in [3.8, 4) is 5.75 Å². The molecule has 2 amide bonds. The molecule has 0 unspecified atom stereocenters. The predicted octanol–water partition coefficient (Wildman–Crippen LogP) is 4.36. The number of likely N-dealkylation sites (N-methyl/N-ethyl adjacent to an activating group) is 1. The van der Waals surface area contributed by atoms with E-state index in [2.05, 4.69) is 5.32 Å². The summed E-state index contributed by atoms with van der Waals surface area (Å²) in [5.41, 5.74) is 0.870. The maximum Gasteiger partial charge on any atom is 0.264 e. The number of amides is 2. The van der Waals surface area contributed by atoms with Crippen molar-refractivity contribution in [1.82, 2.24) is 10.2 Å². The summed E-state index contributed by atoms with van der Waals surface area (Å²) in [5, 5.41) is 2.75. The second-order valence-electron chi connectivity index (χ2n) is 8.72. The number of halogens is 1. The van der Waals surface area contributed by atoms with Gasteiger partial charge in [0.15, 0.2) is 0 Å². The van der Waals surface area contributed by atoms with Gasteiger partial charge in [0.25, 0.3) is 10.0 Å². The number of carbonyl (C=O) groups excluding carboxylic acids is 2. The average Bonchev–Trinajstić information content (AvgIpc) is 2.94. The lowest BCUT2D eigenvalue weighted by Gasteiger charge is -2.33. The van der Waals surface area contributed by atoms with E-state index in [1.165, 1.54) is 41.3 Å². The highest BCUT2D eigenvalue weighted by molar-refractivity contribution is 7.92. The van der Waals surface area contributed by atoms with Crippen LogP contribution >= 0.6 is 0 Å². The minimum Gasteiger partial charge on any atom is -0.494 e. The van der Waals surface area contributed by atoms with Gasteiger partial charge in [-0.1, -0.05) is 37.3 Å². The van der Waals surface area contributed by atoms with Gasteiger partial charge < -0.3 is 15.0 Å². The number of hydrogen-bond acceptors (Lipinski definition) is 5. The lowest BCUT2D eigenvalue weighted by Crippen LogP contribution is -2.52. The van der Waals surface area contributed by atoms with E-state index in [9.17, 15) is 22.4 Å². The number of rotatable bonds is 13. The molecule has 1 atom stereocenters. The molecule has 1 N–H and O–H groups in total. The molecule has 3 rings (SSSR count). The van der Waals surface area contributed by atoms with Crippen LogP contribution in [0.1, 0.15) is 32.8 Å². The van der Waals surface area contributed by atoms with E-state index in [1.54, 1.807) is 56.3 Å². The monoisotopic (exact) mass is 555 g/mol. The number of nitrogens with one attached hydrogen (secondary N) is 1. The molecule has 0 spiro atoms. The first-order chi connectivity index (χ1) is 18.7. The largest absolute Gasteiger partial charge is 0.494 e. The minimum atomic E-state index is -4.15. The van der Waals surface area contributed by atoms with Crippen LogP contribution < -0.4 is 14.4 Å². The van der Waals surface area contributed by atoms with Crippen molar-refractivity contribution in [2.24, 2.45) is 0 Å². The number of ether oxygens (including phenoxy) is 1. The summed E-state index contributed by atoms with van der Waals surface area (Å²) in [6.07, 6.45) is 0.299. The van der Waals surface area contributed by atoms with Gasteiger partial charge in [0, 0.05) is 13.1 Å². The Kier molecular flexibility index (Phi) is 10.4. The molecule has 0 saturated heterocycles. The second-order valence-corrected chi connectivity index (χ2v) is 10.6. The molecular formula is C29H34FN3O5S. The van der Waals surface area contributed by atoms with Crippen LogP contribution in [0.3, 0.4) is 0 Å². The van der Waals surface area contributed by atoms with E-state index >= 15 is 0 Å². The van der Waals surface area contributed by atoms with E-state index in [-0.39, 0.29) is 23.0 Å². The van der Waals surface area contributed by atoms with E-state index in [4.69, 9.17) is 4.74 Å². The highest BCUT2D eigenvalue weighted by atomic mass is 32.2. The third kappa shape index (κ3) is 7.57. The highest BCUT2D eigenvalue weighted by Gasteiger charge is 2.33. The Morgan fingerprint density at radius 3 is 2.13 bits per heavy atom. The Bertz CT molecular complexity index is 1330. The van der Waals surface area contributed by atoms with Crippen LogP contribution in [-0.2, 0) is 26.2 Å². The van der Waals surface area contributed by atoms with E-state index < -0.39 is 34.3 Å². The van der Waals surface area contributed by atoms with Crippen LogP contribution in [-0.4, -0.2) is 50.9 Å². The van der Waals surface area contributed by atoms with Crippen LogP contribution in [0, 0.1) is 5.82 Å². The number of anilines is 1. The van der Waals surface area contributed by atoms with E-state index in [0.717, 1.165) is 4.31 Å². The molecule has 0 saturated carbocycles. The SMILES string of the molecule is CCNC(=O)[C@H](CC)N(Cc1ccc(F)cc1)C(=O)CN(c1ccc(OCC)cc1)S(=O)(=O)c1ccccc1. The molecule has 0 radical (unpaired) electrons. The predicted molar refractivity (Wildman–Crippen MR) is 148 cm³/mol. The zero-order valence-electron chi connectivity index (χ0n) is 22.3. The number of hydrogen-bond donors (Lipinski definition) is 1. The summed E-state index contributed by atoms with van der Waals surface area (Å²) in [6, 6.07) is 19.0. The Balaban J connectivity index is 2.04. The van der Waals surface area contributed by atoms with Gasteiger partial charge in [-0.15, -0.1) is 0 Å². The fourth-order valence-electron chi connectivity index (χ4n) is 4.12. The lowest BCUT2D eigenvalue weighted by atomic mass is 10.1. The third-order valence-corrected chi connectivity index (χ3v) is 7.84. The first kappa shape index (κ1) is 29.6. The molecule has 0 bridgehead atoms. The van der Waals surface area contributed by atoms with Gasteiger partial charge in [0.2, 0.25) is 11.8 Å². The van der Waals surface area contributed by atoms with Crippen molar-refractivity contribution >= 4 is 27.5 Å². The maximum absolute atomic E-state index is 13.9. The summed E-state index contributed by atoms with van der Waals surface area (Å²) in [5.74, 6) is -0.798. The maximum atomic E-state index is 13.9. The van der Waals surface area contributed by atoms with E-state index in [1.807, 2.05) is 6.92 Å². The molecule has 0 aromatic heterocycles. The van der Waals surface area contributed by atoms with Crippen molar-refractivity contribution in [3.05, 3.63) is 90.2 Å². The highest BCUT2D eigenvalue weighted by Crippen LogP contribution is 2.27. The molecule has 8 nitrogen and oxygen atoms in total. The first-order valence-corrected chi connectivity index (χ1v) is 14.3. The molecule has 0 aliphatic rings. The zero-order valence-corrected chi connectivity index (χ0v) is 23.2. The van der Waals surface area contributed by atoms with Crippen LogP contribution in [0.2, 0.25) is 0 Å². The molecule has 0 aliphatic heterocycles. The van der Waals surface area contributed by atoms with Crippen LogP contribution in [0.15, 0.2) is 83.8 Å². The number of benzene rings is 3. The Morgan fingerprint density at radius 2 is 1.56 bits per heavy atom. The summed E-state index contributed by atoms with van der Waals surface area (Å²) in [6.45, 7) is 5.65. The summed E-state index contributed by atoms with van der Waals surface area (Å²) in [7, 11) is -4.15. The summed E-state index contributed by atoms with van der Waals surface area (Å²) < 4.78 is 47.6. The Hall–Kier alpha value is -3.92. The standard InChI is InChI=1S/C29H34FN3O5S/c1-4-27(29(35)31-5-2)32(20-22-12-14-23(30)15-13-22)28(34)21-33(24-16-18-25(19-17-24)38-6-3)39(36,37)26-10-8-7-9-11-26/h7-19,27H,4-6,20-21H2,1-3H3,(H,31,35)/t27-/m0/s1. The molecule has 3 aromatic carbocycles. The minimum absolute atomic E-state index is 0.00272. The Labute approximate surface area is 229 Å². The van der Waals surface area contributed by atoms with Gasteiger partial charge in [-0.3, -0.25) is 13.9 Å². The third-order valence-electron chi connectivity index (χ3n) is 6.05. The van der Waals surface area contributed by atoms with Gasteiger partial charge in [-0.2, -0.15) is 0 Å². The van der Waals surface area contributed by atoms with Crippen molar-refractivity contribution in [1.29, 1.82) is 0 Å². The molecule has 0 fully saturated rings. The molecule has 39 heavy (non-hydrogen) atoms. The van der Waals surface area contributed by atoms with Gasteiger partial charge in [-0.25, -0.2) is 12.8 Å². The fraction of sp³-hybridized carbons (Fsp3) is 0.310. The topological polar surface area (TPSA) is 96.0 Å². The van der Waals surface area contributed by atoms with Gasteiger partial charge in [0.05, 0.1) is 17.2 Å². The summed E-state index contributed by atoms with van der Waals surface area (Å²) in [4.78, 5) is 28.2. The molecule has 208 valence electrons. The molecule has 0 aliphatic carbocycles. The average molecular weight is 556 g/mol. The van der Waals surface area contributed by atoms with Crippen molar-refractivity contribution in [2.45, 2.75) is 44.7 Å². The van der Waals surface area contributed by atoms with Crippen LogP contribution in [0.25, 0.3) is 0 Å². The van der Waals surface area contributed by atoms with E-state index in [0.29, 0.717) is 30.9 Å². The first-order valence-electron chi connectivity index (χ1n) is 12.8. The summed E-state index contributed by atoms with van der Waals surface area (Å²) >= 11 is 0. The molecule has 10 heteroatoms. The molecule has 3 aromatic rings. The van der Waals surface area contributed by atoms with Gasteiger partial charge in [0.1, 0.15) is 24.2 Å². The number of nitrogens with zero attached hydrogens (tertiary/aromatic N) is 2. The van der Waals surface area contributed by atoms with Crippen molar-refractivity contribution in [3.63, 3.8) is 0 Å². The van der Waals surface area contributed by atoms with Crippen LogP contribution in [0.4, 0.5) is 10.1 Å². The molecular weight excluding hydrogens is 521 g/mol. The van der Waals surface area contributed by atoms with Crippen molar-refractivity contribution < 1.29 is 27.1 Å². The van der Waals surface area contributed by atoms with Crippen LogP contribution in [0.5, 0.6) is 5.75 Å². The second kappa shape index (κ2) is 13.7. The zero-order chi connectivity index (χ0) is 28.4. The quantitative estimate of drug-likeness (QED) is 0.338.